The molecular formula is C17H16N2O4. The maximum atomic E-state index is 10.7. The number of rotatable bonds is 7. The van der Waals surface area contributed by atoms with Gasteiger partial charge < -0.3 is 9.57 Å². The van der Waals surface area contributed by atoms with Crippen molar-refractivity contribution in [2.45, 2.75) is 6.61 Å². The van der Waals surface area contributed by atoms with E-state index in [2.05, 4.69) is 5.16 Å². The van der Waals surface area contributed by atoms with Crippen LogP contribution in [0, 0.1) is 10.1 Å². The molecule has 0 unspecified atom stereocenters. The summed E-state index contributed by atoms with van der Waals surface area (Å²) in [6, 6.07) is 13.8. The predicted molar refractivity (Wildman–Crippen MR) is 88.4 cm³/mol. The predicted octanol–water partition coefficient (Wildman–Crippen LogP) is 3.82. The maximum absolute atomic E-state index is 10.7. The van der Waals surface area contributed by atoms with E-state index in [0.717, 1.165) is 11.3 Å². The second-order valence-corrected chi connectivity index (χ2v) is 4.59. The molecule has 0 amide bonds. The van der Waals surface area contributed by atoms with Crippen molar-refractivity contribution in [3.63, 3.8) is 0 Å². The van der Waals surface area contributed by atoms with E-state index in [0.29, 0.717) is 5.56 Å². The van der Waals surface area contributed by atoms with Crippen LogP contribution in [0.3, 0.4) is 0 Å². The van der Waals surface area contributed by atoms with Crippen LogP contribution in [-0.2, 0) is 11.4 Å². The van der Waals surface area contributed by atoms with Gasteiger partial charge in [0.2, 0.25) is 0 Å². The molecule has 0 fully saturated rings. The highest BCUT2D eigenvalue weighted by Crippen LogP contribution is 2.14. The van der Waals surface area contributed by atoms with Crippen LogP contribution in [0.2, 0.25) is 0 Å². The van der Waals surface area contributed by atoms with Crippen molar-refractivity contribution in [2.75, 3.05) is 7.11 Å². The van der Waals surface area contributed by atoms with Gasteiger partial charge in [-0.15, -0.1) is 0 Å². The van der Waals surface area contributed by atoms with E-state index in [1.54, 1.807) is 25.3 Å². The lowest BCUT2D eigenvalue weighted by atomic mass is 10.2. The molecule has 0 N–H and O–H groups in total. The van der Waals surface area contributed by atoms with Gasteiger partial charge in [0.25, 0.3) is 5.69 Å². The molecule has 0 atom stereocenters. The number of non-ortho nitro benzene ring substituents is 1. The standard InChI is InChI=1S/C17H16N2O4/c1-22-17-9-7-14(8-10-17)5-3-11-18-23-13-15-4-2-6-16(12-15)19(20)21/h2-12H,13H2,1H3/b5-3+,18-11-. The lowest BCUT2D eigenvalue weighted by molar-refractivity contribution is -0.384. The van der Waals surface area contributed by atoms with Crippen LogP contribution in [-0.4, -0.2) is 18.2 Å². The highest BCUT2D eigenvalue weighted by molar-refractivity contribution is 5.77. The minimum absolute atomic E-state index is 0.0366. The number of nitro benzene ring substituents is 1. The summed E-state index contributed by atoms with van der Waals surface area (Å²) in [6.07, 6.45) is 5.14. The molecule has 0 saturated carbocycles. The first-order valence-corrected chi connectivity index (χ1v) is 6.88. The van der Waals surface area contributed by atoms with Crippen LogP contribution < -0.4 is 4.74 Å². The van der Waals surface area contributed by atoms with Crippen LogP contribution in [0.4, 0.5) is 5.69 Å². The Kier molecular flexibility index (Phi) is 5.88. The Hall–Kier alpha value is -3.15. The highest BCUT2D eigenvalue weighted by atomic mass is 16.6. The Balaban J connectivity index is 1.81. The fourth-order valence-corrected chi connectivity index (χ4v) is 1.82. The normalized spacial score (nSPS) is 11.0. The van der Waals surface area contributed by atoms with Crippen molar-refractivity contribution in [3.8, 4) is 5.75 Å². The number of hydrogen-bond donors (Lipinski definition) is 0. The van der Waals surface area contributed by atoms with Crippen molar-refractivity contribution in [2.24, 2.45) is 5.16 Å². The van der Waals surface area contributed by atoms with Crippen molar-refractivity contribution in [3.05, 3.63) is 75.8 Å². The molecule has 23 heavy (non-hydrogen) atoms. The molecule has 0 saturated heterocycles. The number of oxime groups is 1. The summed E-state index contributed by atoms with van der Waals surface area (Å²) in [5.74, 6) is 0.802. The van der Waals surface area contributed by atoms with E-state index >= 15 is 0 Å². The fraction of sp³-hybridized carbons (Fsp3) is 0.118. The minimum atomic E-state index is -0.440. The lowest BCUT2D eigenvalue weighted by Crippen LogP contribution is -1.91. The maximum Gasteiger partial charge on any atom is 0.269 e. The van der Waals surface area contributed by atoms with E-state index < -0.39 is 4.92 Å². The first kappa shape index (κ1) is 16.2. The van der Waals surface area contributed by atoms with Crippen molar-refractivity contribution < 1.29 is 14.5 Å². The van der Waals surface area contributed by atoms with Crippen molar-refractivity contribution >= 4 is 18.0 Å². The SMILES string of the molecule is COc1ccc(/C=C/C=N\OCc2cccc([N+](=O)[O-])c2)cc1. The number of nitrogens with zero attached hydrogens (tertiary/aromatic N) is 2. The van der Waals surface area contributed by atoms with E-state index in [-0.39, 0.29) is 12.3 Å². The topological polar surface area (TPSA) is 74.0 Å². The quantitative estimate of drug-likeness (QED) is 0.442. The Labute approximate surface area is 133 Å². The number of ether oxygens (including phenoxy) is 1. The van der Waals surface area contributed by atoms with Gasteiger partial charge >= 0.3 is 0 Å². The molecule has 2 aromatic rings. The Morgan fingerprint density at radius 2 is 2.00 bits per heavy atom. The van der Waals surface area contributed by atoms with Crippen LogP contribution in [0.5, 0.6) is 5.75 Å². The molecule has 6 nitrogen and oxygen atoms in total. The van der Waals surface area contributed by atoms with Gasteiger partial charge in [-0.25, -0.2) is 0 Å². The summed E-state index contributed by atoms with van der Waals surface area (Å²) in [5, 5.41) is 14.4. The second kappa shape index (κ2) is 8.33. The van der Waals surface area contributed by atoms with Crippen LogP contribution >= 0.6 is 0 Å². The highest BCUT2D eigenvalue weighted by Gasteiger charge is 2.05. The molecule has 0 aromatic heterocycles. The van der Waals surface area contributed by atoms with E-state index in [1.165, 1.54) is 18.3 Å². The van der Waals surface area contributed by atoms with Crippen molar-refractivity contribution in [1.82, 2.24) is 0 Å². The third-order valence-electron chi connectivity index (χ3n) is 2.98. The molecule has 0 aliphatic rings. The van der Waals surface area contributed by atoms with Gasteiger partial charge in [-0.05, 0) is 29.3 Å². The van der Waals surface area contributed by atoms with Crippen LogP contribution in [0.15, 0.2) is 59.8 Å². The van der Waals surface area contributed by atoms with Crippen LogP contribution in [0.25, 0.3) is 6.08 Å². The first-order valence-electron chi connectivity index (χ1n) is 6.88. The average Bonchev–Trinajstić information content (AvgIpc) is 2.58. The van der Waals surface area contributed by atoms with Gasteiger partial charge in [-0.2, -0.15) is 0 Å². The van der Waals surface area contributed by atoms with Gasteiger partial charge in [-0.3, -0.25) is 10.1 Å². The molecule has 0 aliphatic heterocycles. The molecule has 0 aliphatic carbocycles. The molecule has 0 spiro atoms. The average molecular weight is 312 g/mol. The summed E-state index contributed by atoms with van der Waals surface area (Å²) in [7, 11) is 1.62. The number of allylic oxidation sites excluding steroid dienone is 1. The van der Waals surface area contributed by atoms with Gasteiger partial charge in [0.1, 0.15) is 12.4 Å². The molecule has 0 bridgehead atoms. The zero-order chi connectivity index (χ0) is 16.5. The zero-order valence-corrected chi connectivity index (χ0v) is 12.6. The van der Waals surface area contributed by atoms with Crippen LogP contribution in [0.1, 0.15) is 11.1 Å². The van der Waals surface area contributed by atoms with Gasteiger partial charge in [0, 0.05) is 12.1 Å². The zero-order valence-electron chi connectivity index (χ0n) is 12.6. The van der Waals surface area contributed by atoms with E-state index in [9.17, 15) is 10.1 Å². The van der Waals surface area contributed by atoms with Crippen molar-refractivity contribution in [1.29, 1.82) is 0 Å². The van der Waals surface area contributed by atoms with E-state index in [4.69, 9.17) is 9.57 Å². The third kappa shape index (κ3) is 5.28. The molecule has 118 valence electrons. The Morgan fingerprint density at radius 3 is 2.70 bits per heavy atom. The lowest BCUT2D eigenvalue weighted by Gasteiger charge is -1.99. The van der Waals surface area contributed by atoms with Gasteiger partial charge in [0.05, 0.1) is 18.2 Å². The fourth-order valence-electron chi connectivity index (χ4n) is 1.82. The molecule has 6 heteroatoms. The number of methoxy groups -OCH3 is 1. The smallest absolute Gasteiger partial charge is 0.269 e. The molecular weight excluding hydrogens is 296 g/mol. The minimum Gasteiger partial charge on any atom is -0.497 e. The summed E-state index contributed by atoms with van der Waals surface area (Å²) in [4.78, 5) is 15.3. The first-order chi connectivity index (χ1) is 11.2. The number of nitro groups is 1. The number of hydrogen-bond acceptors (Lipinski definition) is 5. The van der Waals surface area contributed by atoms with E-state index in [1.807, 2.05) is 30.3 Å². The summed E-state index contributed by atoms with van der Waals surface area (Å²) >= 11 is 0. The number of benzene rings is 2. The summed E-state index contributed by atoms with van der Waals surface area (Å²) in [5.41, 5.74) is 1.74. The monoisotopic (exact) mass is 312 g/mol. The van der Waals surface area contributed by atoms with Gasteiger partial charge in [0.15, 0.2) is 0 Å². The Bertz CT molecular complexity index is 709. The molecule has 0 heterocycles. The summed E-state index contributed by atoms with van der Waals surface area (Å²) in [6.45, 7) is 0.175. The second-order valence-electron chi connectivity index (χ2n) is 4.59. The molecule has 2 aromatic carbocycles. The summed E-state index contributed by atoms with van der Waals surface area (Å²) < 4.78 is 5.08. The van der Waals surface area contributed by atoms with Gasteiger partial charge in [-0.1, -0.05) is 35.5 Å². The largest absolute Gasteiger partial charge is 0.497 e. The third-order valence-corrected chi connectivity index (χ3v) is 2.98. The molecule has 0 radical (unpaired) electrons. The Morgan fingerprint density at radius 1 is 1.22 bits per heavy atom. The molecule has 2 rings (SSSR count).